The second-order valence-electron chi connectivity index (χ2n) is 4.20. The molecule has 0 unspecified atom stereocenters. The Hall–Kier alpha value is -2.15. The lowest BCUT2D eigenvalue weighted by atomic mass is 10.3. The van der Waals surface area contributed by atoms with Gasteiger partial charge in [0.2, 0.25) is 0 Å². The lowest BCUT2D eigenvalue weighted by Gasteiger charge is -2.10. The van der Waals surface area contributed by atoms with E-state index in [1.165, 1.54) is 12.0 Å². The average Bonchev–Trinajstić information content (AvgIpc) is 2.80. The van der Waals surface area contributed by atoms with E-state index in [1.54, 1.807) is 18.4 Å². The highest BCUT2D eigenvalue weighted by Crippen LogP contribution is 2.30. The van der Waals surface area contributed by atoms with Crippen LogP contribution in [-0.2, 0) is 14.3 Å². The van der Waals surface area contributed by atoms with Gasteiger partial charge in [0.05, 0.1) is 12.0 Å². The van der Waals surface area contributed by atoms with Gasteiger partial charge in [0.25, 0.3) is 5.91 Å². The number of esters is 1. The maximum absolute atomic E-state index is 12.2. The minimum absolute atomic E-state index is 0.254. The number of ether oxygens (including phenoxy) is 1. The van der Waals surface area contributed by atoms with Crippen LogP contribution in [0, 0.1) is 0 Å². The van der Waals surface area contributed by atoms with Gasteiger partial charge in [0.1, 0.15) is 0 Å². The molecule has 0 radical (unpaired) electrons. The molecule has 0 spiro atoms. The topological polar surface area (TPSA) is 71.3 Å². The maximum atomic E-state index is 12.2. The van der Waals surface area contributed by atoms with E-state index >= 15 is 0 Å². The van der Waals surface area contributed by atoms with Crippen molar-refractivity contribution in [1.82, 2.24) is 4.90 Å². The first-order chi connectivity index (χ1) is 10.6. The molecular weight excluding hydrogens is 302 g/mol. The summed E-state index contributed by atoms with van der Waals surface area (Å²) in [5.41, 5.74) is 0. The Bertz CT molecular complexity index is 550. The standard InChI is InChI=1S/C15H19N3O3S/c1-4-6-7-8-9-16-17-15-18(10-5-2)14(20)12(22-15)11-13(19)21-3/h5,7-9,11H,2,4,6,10H2,1,3H3/b8-7+,12-11-,16-9+,17-15-. The summed E-state index contributed by atoms with van der Waals surface area (Å²) in [6.07, 6.45) is 10.1. The molecule has 0 aromatic heterocycles. The molecule has 1 aliphatic heterocycles. The van der Waals surface area contributed by atoms with E-state index < -0.39 is 5.97 Å². The Labute approximate surface area is 134 Å². The summed E-state index contributed by atoms with van der Waals surface area (Å²) >= 11 is 1.08. The van der Waals surface area contributed by atoms with Gasteiger partial charge in [-0.2, -0.15) is 5.10 Å². The third-order valence-electron chi connectivity index (χ3n) is 2.54. The zero-order valence-corrected chi connectivity index (χ0v) is 13.5. The van der Waals surface area contributed by atoms with E-state index in [2.05, 4.69) is 28.4 Å². The predicted molar refractivity (Wildman–Crippen MR) is 89.6 cm³/mol. The van der Waals surface area contributed by atoms with Crippen molar-refractivity contribution in [2.24, 2.45) is 10.2 Å². The van der Waals surface area contributed by atoms with Crippen LogP contribution in [0.25, 0.3) is 0 Å². The molecule has 118 valence electrons. The quantitative estimate of drug-likeness (QED) is 0.237. The second kappa shape index (κ2) is 9.73. The first kappa shape index (κ1) is 17.9. The molecule has 6 nitrogen and oxygen atoms in total. The fourth-order valence-corrected chi connectivity index (χ4v) is 2.39. The van der Waals surface area contributed by atoms with Gasteiger partial charge in [-0.1, -0.05) is 25.5 Å². The first-order valence-corrected chi connectivity index (χ1v) is 7.62. The van der Waals surface area contributed by atoms with E-state index in [0.29, 0.717) is 11.7 Å². The lowest BCUT2D eigenvalue weighted by Crippen LogP contribution is -2.29. The number of thioether (sulfide) groups is 1. The molecule has 0 N–H and O–H groups in total. The number of allylic oxidation sites excluding steroid dienone is 2. The fraction of sp³-hybridized carbons (Fsp3) is 0.333. The third-order valence-corrected chi connectivity index (χ3v) is 3.53. The van der Waals surface area contributed by atoms with Crippen molar-refractivity contribution in [3.8, 4) is 0 Å². The number of hydrogen-bond acceptors (Lipinski definition) is 6. The Morgan fingerprint density at radius 3 is 2.91 bits per heavy atom. The molecular formula is C15H19N3O3S. The first-order valence-electron chi connectivity index (χ1n) is 6.80. The minimum atomic E-state index is -0.582. The zero-order chi connectivity index (χ0) is 16.4. The Balaban J connectivity index is 2.87. The van der Waals surface area contributed by atoms with Crippen molar-refractivity contribution < 1.29 is 14.3 Å². The SMILES string of the molecule is C=CCN1C(=O)/C(=C/C(=O)OC)S\C1=N/N=C/C=C/CCC. The van der Waals surface area contributed by atoms with Crippen LogP contribution in [0.5, 0.6) is 0 Å². The molecule has 1 heterocycles. The summed E-state index contributed by atoms with van der Waals surface area (Å²) in [6.45, 7) is 5.99. The highest BCUT2D eigenvalue weighted by atomic mass is 32.2. The van der Waals surface area contributed by atoms with E-state index in [1.807, 2.05) is 6.08 Å². The highest BCUT2D eigenvalue weighted by molar-refractivity contribution is 8.18. The summed E-state index contributed by atoms with van der Waals surface area (Å²) in [5, 5.41) is 8.33. The van der Waals surface area contributed by atoms with E-state index in [4.69, 9.17) is 0 Å². The number of amidine groups is 1. The van der Waals surface area contributed by atoms with Gasteiger partial charge in [-0.3, -0.25) is 9.69 Å². The number of amides is 1. The maximum Gasteiger partial charge on any atom is 0.331 e. The summed E-state index contributed by atoms with van der Waals surface area (Å²) in [5.74, 6) is -0.896. The molecule has 7 heteroatoms. The van der Waals surface area contributed by atoms with Crippen LogP contribution in [0.1, 0.15) is 19.8 Å². The predicted octanol–water partition coefficient (Wildman–Crippen LogP) is 2.50. The fourth-order valence-electron chi connectivity index (χ4n) is 1.48. The molecule has 1 saturated heterocycles. The van der Waals surface area contributed by atoms with Crippen LogP contribution in [0.15, 0.2) is 46.0 Å². The molecule has 0 aromatic rings. The Kier molecular flexibility index (Phi) is 7.91. The van der Waals surface area contributed by atoms with Crippen LogP contribution >= 0.6 is 11.8 Å². The van der Waals surface area contributed by atoms with Crippen molar-refractivity contribution >= 4 is 35.0 Å². The zero-order valence-electron chi connectivity index (χ0n) is 12.7. The second-order valence-corrected chi connectivity index (χ2v) is 5.21. The van der Waals surface area contributed by atoms with Crippen LogP contribution in [0.3, 0.4) is 0 Å². The molecule has 0 saturated carbocycles. The van der Waals surface area contributed by atoms with Gasteiger partial charge in [-0.15, -0.1) is 11.7 Å². The number of carbonyl (C=O) groups is 2. The summed E-state index contributed by atoms with van der Waals surface area (Å²) in [6, 6.07) is 0. The van der Waals surface area contributed by atoms with Gasteiger partial charge < -0.3 is 4.74 Å². The third kappa shape index (κ3) is 5.33. The van der Waals surface area contributed by atoms with Crippen LogP contribution in [-0.4, -0.2) is 41.8 Å². The van der Waals surface area contributed by atoms with Crippen molar-refractivity contribution in [2.45, 2.75) is 19.8 Å². The molecule has 22 heavy (non-hydrogen) atoms. The molecule has 1 aliphatic rings. The summed E-state index contributed by atoms with van der Waals surface area (Å²) in [7, 11) is 1.26. The van der Waals surface area contributed by atoms with Crippen LogP contribution in [0.4, 0.5) is 0 Å². The van der Waals surface area contributed by atoms with E-state index in [0.717, 1.165) is 30.7 Å². The monoisotopic (exact) mass is 321 g/mol. The number of rotatable bonds is 7. The molecule has 1 amide bonds. The molecule has 1 rings (SSSR count). The van der Waals surface area contributed by atoms with Gasteiger partial charge in [-0.05, 0) is 24.3 Å². The van der Waals surface area contributed by atoms with Crippen molar-refractivity contribution in [3.63, 3.8) is 0 Å². The number of carbonyl (C=O) groups excluding carboxylic acids is 2. The number of hydrogen-bond donors (Lipinski definition) is 0. The van der Waals surface area contributed by atoms with Gasteiger partial charge in [0, 0.05) is 18.8 Å². The highest BCUT2D eigenvalue weighted by Gasteiger charge is 2.33. The number of methoxy groups -OCH3 is 1. The molecule has 0 aliphatic carbocycles. The van der Waals surface area contributed by atoms with Crippen molar-refractivity contribution in [2.75, 3.05) is 13.7 Å². The smallest absolute Gasteiger partial charge is 0.331 e. The Morgan fingerprint density at radius 1 is 1.50 bits per heavy atom. The Morgan fingerprint density at radius 2 is 2.27 bits per heavy atom. The minimum Gasteiger partial charge on any atom is -0.466 e. The molecule has 0 atom stereocenters. The molecule has 0 aromatic carbocycles. The number of unbranched alkanes of at least 4 members (excludes halogenated alkanes) is 1. The molecule has 1 fully saturated rings. The van der Waals surface area contributed by atoms with Gasteiger partial charge in [0.15, 0.2) is 5.17 Å². The van der Waals surface area contributed by atoms with E-state index in [-0.39, 0.29) is 10.8 Å². The van der Waals surface area contributed by atoms with Gasteiger partial charge in [-0.25, -0.2) is 4.79 Å². The lowest BCUT2D eigenvalue weighted by molar-refractivity contribution is -0.135. The normalized spacial score (nSPS) is 19.0. The largest absolute Gasteiger partial charge is 0.466 e. The van der Waals surface area contributed by atoms with Gasteiger partial charge >= 0.3 is 5.97 Å². The average molecular weight is 321 g/mol. The van der Waals surface area contributed by atoms with Crippen molar-refractivity contribution in [1.29, 1.82) is 0 Å². The summed E-state index contributed by atoms with van der Waals surface area (Å²) < 4.78 is 4.53. The van der Waals surface area contributed by atoms with Crippen molar-refractivity contribution in [3.05, 3.63) is 35.8 Å². The van der Waals surface area contributed by atoms with Crippen LogP contribution < -0.4 is 0 Å². The number of nitrogens with zero attached hydrogens (tertiary/aromatic N) is 3. The summed E-state index contributed by atoms with van der Waals surface area (Å²) in [4.78, 5) is 25.1. The van der Waals surface area contributed by atoms with E-state index in [9.17, 15) is 9.59 Å². The molecule has 0 bridgehead atoms. The van der Waals surface area contributed by atoms with Crippen LogP contribution in [0.2, 0.25) is 0 Å².